The van der Waals surface area contributed by atoms with E-state index in [1.54, 1.807) is 6.07 Å². The van der Waals surface area contributed by atoms with Crippen LogP contribution in [0.3, 0.4) is 0 Å². The van der Waals surface area contributed by atoms with E-state index in [1.807, 2.05) is 18.7 Å². The molecule has 11 heteroatoms. The molecule has 1 aliphatic heterocycles. The summed E-state index contributed by atoms with van der Waals surface area (Å²) in [6.45, 7) is 8.04. The highest BCUT2D eigenvalue weighted by Crippen LogP contribution is 2.34. The van der Waals surface area contributed by atoms with Crippen LogP contribution in [0.25, 0.3) is 0 Å². The number of benzene rings is 1. The summed E-state index contributed by atoms with van der Waals surface area (Å²) in [7, 11) is -6.10. The Morgan fingerprint density at radius 3 is 2.20 bits per heavy atom. The topological polar surface area (TPSA) is 107 Å². The molecular formula is C19H28O9Si2. The highest BCUT2D eigenvalue weighted by Gasteiger charge is 2.51. The smallest absolute Gasteiger partial charge is 0.520 e. The summed E-state index contributed by atoms with van der Waals surface area (Å²) in [5, 5.41) is 0. The monoisotopic (exact) mass is 456 g/mol. The van der Waals surface area contributed by atoms with Crippen molar-refractivity contribution in [3.8, 4) is 11.5 Å². The molecule has 0 N–H and O–H groups in total. The summed E-state index contributed by atoms with van der Waals surface area (Å²) >= 11 is 0. The maximum Gasteiger partial charge on any atom is 0.708 e. The molecular weight excluding hydrogens is 428 g/mol. The summed E-state index contributed by atoms with van der Waals surface area (Å²) in [4.78, 5) is 34.4. The normalized spacial score (nSPS) is 17.9. The predicted octanol–water partition coefficient (Wildman–Crippen LogP) is 3.08. The van der Waals surface area contributed by atoms with Gasteiger partial charge in [0.25, 0.3) is 17.9 Å². The van der Waals surface area contributed by atoms with Gasteiger partial charge in [-0.25, -0.2) is 0 Å². The first kappa shape index (κ1) is 23.9. The van der Waals surface area contributed by atoms with Crippen LogP contribution >= 0.6 is 0 Å². The summed E-state index contributed by atoms with van der Waals surface area (Å²) in [5.74, 6) is -0.817. The maximum absolute atomic E-state index is 11.5. The first-order valence-corrected chi connectivity index (χ1v) is 14.2. The van der Waals surface area contributed by atoms with E-state index in [0.717, 1.165) is 44.5 Å². The van der Waals surface area contributed by atoms with Crippen molar-refractivity contribution in [2.45, 2.75) is 59.4 Å². The van der Waals surface area contributed by atoms with Crippen molar-refractivity contribution in [3.63, 3.8) is 0 Å². The van der Waals surface area contributed by atoms with Crippen molar-refractivity contribution in [3.05, 3.63) is 23.8 Å². The van der Waals surface area contributed by atoms with Gasteiger partial charge in [0.1, 0.15) is 11.5 Å². The third-order valence-electron chi connectivity index (χ3n) is 4.17. The zero-order valence-corrected chi connectivity index (χ0v) is 19.9. The number of ether oxygens (including phenoxy) is 1. The molecule has 0 aliphatic carbocycles. The van der Waals surface area contributed by atoms with Crippen molar-refractivity contribution in [2.24, 2.45) is 0 Å². The lowest BCUT2D eigenvalue weighted by Crippen LogP contribution is -2.50. The Morgan fingerprint density at radius 1 is 1.07 bits per heavy atom. The minimum atomic E-state index is -3.91. The molecule has 0 saturated carbocycles. The summed E-state index contributed by atoms with van der Waals surface area (Å²) < 4.78 is 33.2. The summed E-state index contributed by atoms with van der Waals surface area (Å²) in [6, 6.07) is 6.25. The SMILES string of the molecule is CCC[Si]1(C)OCc2cc(OCC[Si](OC(C)=O)(OC(C)=O)OC(C)=O)ccc2O1. The average Bonchev–Trinajstić information content (AvgIpc) is 2.60. The number of hydrogen-bond donors (Lipinski definition) is 0. The van der Waals surface area contributed by atoms with Crippen LogP contribution < -0.4 is 9.16 Å². The van der Waals surface area contributed by atoms with Gasteiger partial charge in [-0.05, 0) is 24.7 Å². The first-order chi connectivity index (χ1) is 14.1. The lowest BCUT2D eigenvalue weighted by Gasteiger charge is -2.33. The van der Waals surface area contributed by atoms with Crippen molar-refractivity contribution < 1.29 is 41.3 Å². The number of carbonyl (C=O) groups excluding carboxylic acids is 3. The highest BCUT2D eigenvalue weighted by molar-refractivity contribution is 6.67. The van der Waals surface area contributed by atoms with E-state index in [1.165, 1.54) is 0 Å². The minimum Gasteiger partial charge on any atom is -0.520 e. The van der Waals surface area contributed by atoms with E-state index >= 15 is 0 Å². The van der Waals surface area contributed by atoms with Gasteiger partial charge in [-0.3, -0.25) is 14.4 Å². The molecule has 1 heterocycles. The van der Waals surface area contributed by atoms with E-state index in [-0.39, 0.29) is 12.7 Å². The van der Waals surface area contributed by atoms with Gasteiger partial charge >= 0.3 is 17.4 Å². The zero-order chi connectivity index (χ0) is 22.4. The molecule has 166 valence electrons. The van der Waals surface area contributed by atoms with Gasteiger partial charge in [0.2, 0.25) is 0 Å². The molecule has 1 aliphatic rings. The second-order valence-electron chi connectivity index (χ2n) is 7.11. The molecule has 30 heavy (non-hydrogen) atoms. The largest absolute Gasteiger partial charge is 0.708 e. The lowest BCUT2D eigenvalue weighted by molar-refractivity contribution is -0.147. The predicted molar refractivity (Wildman–Crippen MR) is 110 cm³/mol. The van der Waals surface area contributed by atoms with Crippen LogP contribution in [-0.4, -0.2) is 41.9 Å². The standard InChI is InChI=1S/C19H28O9Si2/c1-6-10-29(5)24-13-17-12-18(7-8-19(17)28-29)23-9-11-30(25-14(2)20,26-15(3)21)27-16(4)22/h7-8,12H,6,9-11,13H2,1-5H3. The molecule has 9 nitrogen and oxygen atoms in total. The fraction of sp³-hybridized carbons (Fsp3) is 0.526. The highest BCUT2D eigenvalue weighted by atomic mass is 28.4. The maximum atomic E-state index is 11.5. The molecule has 0 saturated heterocycles. The van der Waals surface area contributed by atoms with Gasteiger partial charge in [0.05, 0.1) is 19.3 Å². The van der Waals surface area contributed by atoms with Crippen molar-refractivity contribution in [1.29, 1.82) is 0 Å². The molecule has 1 aromatic carbocycles. The Balaban J connectivity index is 2.07. The summed E-state index contributed by atoms with van der Waals surface area (Å²) in [5.41, 5.74) is 0.872. The van der Waals surface area contributed by atoms with Crippen LogP contribution in [0.15, 0.2) is 18.2 Å². The van der Waals surface area contributed by atoms with Gasteiger partial charge in [0, 0.05) is 32.4 Å². The zero-order valence-electron chi connectivity index (χ0n) is 17.9. The molecule has 0 spiro atoms. The third-order valence-corrected chi connectivity index (χ3v) is 9.60. The molecule has 0 bridgehead atoms. The Morgan fingerprint density at radius 2 is 1.67 bits per heavy atom. The fourth-order valence-corrected chi connectivity index (χ4v) is 7.53. The number of fused-ring (bicyclic) bond motifs is 1. The van der Waals surface area contributed by atoms with Crippen LogP contribution in [0.1, 0.15) is 39.7 Å². The molecule has 1 atom stereocenters. The van der Waals surface area contributed by atoms with E-state index in [4.69, 9.17) is 26.9 Å². The average molecular weight is 457 g/mol. The Labute approximate surface area is 178 Å². The lowest BCUT2D eigenvalue weighted by atomic mass is 10.2. The molecule has 0 fully saturated rings. The molecule has 1 unspecified atom stereocenters. The van der Waals surface area contributed by atoms with Crippen LogP contribution in [0.4, 0.5) is 0 Å². The molecule has 0 radical (unpaired) electrons. The van der Waals surface area contributed by atoms with Crippen molar-refractivity contribution >= 4 is 35.3 Å². The van der Waals surface area contributed by atoms with Crippen molar-refractivity contribution in [1.82, 2.24) is 0 Å². The third kappa shape index (κ3) is 6.85. The first-order valence-electron chi connectivity index (χ1n) is 9.74. The Hall–Kier alpha value is -2.38. The quantitative estimate of drug-likeness (QED) is 0.518. The molecule has 2 rings (SSSR count). The van der Waals surface area contributed by atoms with E-state index < -0.39 is 35.3 Å². The molecule has 1 aromatic rings. The van der Waals surface area contributed by atoms with Gasteiger partial charge in [-0.1, -0.05) is 13.3 Å². The Bertz CT molecular complexity index is 757. The second-order valence-corrected chi connectivity index (χ2v) is 12.8. The molecule has 0 aromatic heterocycles. The number of rotatable bonds is 9. The number of hydrogen-bond acceptors (Lipinski definition) is 9. The van der Waals surface area contributed by atoms with Gasteiger partial charge < -0.3 is 26.9 Å². The van der Waals surface area contributed by atoms with Gasteiger partial charge in [-0.2, -0.15) is 0 Å². The van der Waals surface area contributed by atoms with Crippen LogP contribution in [0, 0.1) is 0 Å². The van der Waals surface area contributed by atoms with Gasteiger partial charge in [0.15, 0.2) is 0 Å². The van der Waals surface area contributed by atoms with Crippen molar-refractivity contribution in [2.75, 3.05) is 6.61 Å². The van der Waals surface area contributed by atoms with Gasteiger partial charge in [-0.15, -0.1) is 0 Å². The Kier molecular flexibility index (Phi) is 8.04. The number of carbonyl (C=O) groups is 3. The van der Waals surface area contributed by atoms with E-state index in [0.29, 0.717) is 12.4 Å². The van der Waals surface area contributed by atoms with Crippen LogP contribution in [0.5, 0.6) is 11.5 Å². The van der Waals surface area contributed by atoms with E-state index in [9.17, 15) is 14.4 Å². The molecule has 0 amide bonds. The fourth-order valence-electron chi connectivity index (χ4n) is 3.09. The van der Waals surface area contributed by atoms with Crippen LogP contribution in [-0.2, 0) is 38.7 Å². The van der Waals surface area contributed by atoms with Crippen LogP contribution in [0.2, 0.25) is 18.6 Å². The second kappa shape index (κ2) is 10.1. The minimum absolute atomic E-state index is 0.00284. The van der Waals surface area contributed by atoms with E-state index in [2.05, 4.69) is 6.92 Å². The summed E-state index contributed by atoms with van der Waals surface area (Å²) in [6.07, 6.45) is 0.998.